The molecule has 0 aliphatic heterocycles. The van der Waals surface area contributed by atoms with Gasteiger partial charge in [0.2, 0.25) is 0 Å². The Bertz CT molecular complexity index is 609. The van der Waals surface area contributed by atoms with Crippen LogP contribution in [0.3, 0.4) is 0 Å². The topological polar surface area (TPSA) is 38.9 Å². The molecule has 0 atom stereocenters. The Morgan fingerprint density at radius 3 is 2.88 bits per heavy atom. The van der Waals surface area contributed by atoms with Crippen LogP contribution in [0.25, 0.3) is 15.6 Å². The SMILES string of the molecule is Cc1noc(C)c1-c1cnc2c(c1)CC=C2Br. The second kappa shape index (κ2) is 3.81. The van der Waals surface area contributed by atoms with Crippen LogP contribution < -0.4 is 0 Å². The average Bonchev–Trinajstić information content (AvgIpc) is 2.83. The number of hydrogen-bond donors (Lipinski definition) is 0. The summed E-state index contributed by atoms with van der Waals surface area (Å²) in [6, 6.07) is 2.17. The predicted molar refractivity (Wildman–Crippen MR) is 69.8 cm³/mol. The molecule has 0 saturated carbocycles. The lowest BCUT2D eigenvalue weighted by Crippen LogP contribution is -1.91. The maximum absolute atomic E-state index is 5.19. The summed E-state index contributed by atoms with van der Waals surface area (Å²) >= 11 is 3.51. The van der Waals surface area contributed by atoms with Gasteiger partial charge in [0.1, 0.15) is 5.76 Å². The van der Waals surface area contributed by atoms with E-state index in [1.807, 2.05) is 20.0 Å². The van der Waals surface area contributed by atoms with Crippen LogP contribution >= 0.6 is 15.9 Å². The molecule has 2 aromatic heterocycles. The van der Waals surface area contributed by atoms with Crippen LogP contribution in [0, 0.1) is 13.8 Å². The molecular weight excluding hydrogens is 280 g/mol. The van der Waals surface area contributed by atoms with Gasteiger partial charge >= 0.3 is 0 Å². The van der Waals surface area contributed by atoms with Gasteiger partial charge in [0.25, 0.3) is 0 Å². The van der Waals surface area contributed by atoms with Crippen molar-refractivity contribution in [1.82, 2.24) is 10.1 Å². The third-order valence-electron chi connectivity index (χ3n) is 3.02. The van der Waals surface area contributed by atoms with Crippen LogP contribution in [0.5, 0.6) is 0 Å². The van der Waals surface area contributed by atoms with Gasteiger partial charge in [-0.2, -0.15) is 0 Å². The van der Waals surface area contributed by atoms with Gasteiger partial charge in [-0.15, -0.1) is 0 Å². The van der Waals surface area contributed by atoms with Gasteiger partial charge in [0.05, 0.1) is 11.4 Å². The Morgan fingerprint density at radius 2 is 2.18 bits per heavy atom. The van der Waals surface area contributed by atoms with Crippen molar-refractivity contribution in [2.45, 2.75) is 20.3 Å². The lowest BCUT2D eigenvalue weighted by Gasteiger charge is -2.04. The summed E-state index contributed by atoms with van der Waals surface area (Å²) in [6.07, 6.45) is 4.95. The molecule has 3 rings (SSSR count). The first-order valence-corrected chi connectivity index (χ1v) is 6.24. The van der Waals surface area contributed by atoms with Crippen LogP contribution in [-0.2, 0) is 6.42 Å². The van der Waals surface area contributed by atoms with Crippen molar-refractivity contribution < 1.29 is 4.52 Å². The van der Waals surface area contributed by atoms with E-state index >= 15 is 0 Å². The van der Waals surface area contributed by atoms with E-state index in [1.54, 1.807) is 0 Å². The molecule has 0 saturated heterocycles. The highest BCUT2D eigenvalue weighted by atomic mass is 79.9. The number of hydrogen-bond acceptors (Lipinski definition) is 3. The Labute approximate surface area is 108 Å². The van der Waals surface area contributed by atoms with E-state index < -0.39 is 0 Å². The van der Waals surface area contributed by atoms with Crippen molar-refractivity contribution in [3.8, 4) is 11.1 Å². The van der Waals surface area contributed by atoms with E-state index in [9.17, 15) is 0 Å². The molecule has 0 unspecified atom stereocenters. The number of allylic oxidation sites excluding steroid dienone is 1. The summed E-state index contributed by atoms with van der Waals surface area (Å²) in [5, 5.41) is 3.98. The Hall–Kier alpha value is -1.42. The van der Waals surface area contributed by atoms with E-state index in [1.165, 1.54) is 5.56 Å². The second-order valence-corrected chi connectivity index (χ2v) is 5.04. The van der Waals surface area contributed by atoms with Crippen LogP contribution in [0.15, 0.2) is 22.9 Å². The lowest BCUT2D eigenvalue weighted by atomic mass is 10.0. The zero-order valence-electron chi connectivity index (χ0n) is 9.62. The van der Waals surface area contributed by atoms with E-state index in [2.05, 4.69) is 38.2 Å². The minimum absolute atomic E-state index is 0.842. The molecule has 4 heteroatoms. The first-order chi connectivity index (χ1) is 8.16. The van der Waals surface area contributed by atoms with Crippen molar-refractivity contribution in [2.75, 3.05) is 0 Å². The summed E-state index contributed by atoms with van der Waals surface area (Å²) in [4.78, 5) is 4.49. The zero-order valence-corrected chi connectivity index (χ0v) is 11.2. The smallest absolute Gasteiger partial charge is 0.141 e. The van der Waals surface area contributed by atoms with Gasteiger partial charge < -0.3 is 4.52 Å². The number of pyridine rings is 1. The van der Waals surface area contributed by atoms with Crippen LogP contribution in [0.4, 0.5) is 0 Å². The van der Waals surface area contributed by atoms with Crippen molar-refractivity contribution in [1.29, 1.82) is 0 Å². The molecule has 0 amide bonds. The standard InChI is InChI=1S/C13H11BrN2O/c1-7-12(8(2)17-16-7)10-5-9-3-4-11(14)13(9)15-6-10/h4-6H,3H2,1-2H3. The Kier molecular flexibility index (Phi) is 2.40. The number of nitrogens with zero attached hydrogens (tertiary/aromatic N) is 2. The molecule has 0 radical (unpaired) electrons. The van der Waals surface area contributed by atoms with Gasteiger partial charge in [-0.05, 0) is 47.8 Å². The largest absolute Gasteiger partial charge is 0.361 e. The molecule has 0 fully saturated rings. The maximum atomic E-state index is 5.19. The van der Waals surface area contributed by atoms with Crippen molar-refractivity contribution in [3.63, 3.8) is 0 Å². The van der Waals surface area contributed by atoms with Crippen molar-refractivity contribution in [2.24, 2.45) is 0 Å². The summed E-state index contributed by atoms with van der Waals surface area (Å²) < 4.78 is 6.27. The van der Waals surface area contributed by atoms with E-state index in [-0.39, 0.29) is 0 Å². The fraction of sp³-hybridized carbons (Fsp3) is 0.231. The highest BCUT2D eigenvalue weighted by Crippen LogP contribution is 2.34. The van der Waals surface area contributed by atoms with E-state index in [0.717, 1.165) is 39.2 Å². The quantitative estimate of drug-likeness (QED) is 0.805. The minimum atomic E-state index is 0.842. The zero-order chi connectivity index (χ0) is 12.0. The number of halogens is 1. The molecular formula is C13H11BrN2O. The molecule has 1 aliphatic rings. The lowest BCUT2D eigenvalue weighted by molar-refractivity contribution is 0.393. The second-order valence-electron chi connectivity index (χ2n) is 4.19. The fourth-order valence-electron chi connectivity index (χ4n) is 2.21. The Balaban J connectivity index is 2.13. The third kappa shape index (κ3) is 1.63. The molecule has 0 spiro atoms. The average molecular weight is 291 g/mol. The molecule has 0 aromatic carbocycles. The molecule has 0 N–H and O–H groups in total. The van der Waals surface area contributed by atoms with Crippen molar-refractivity contribution >= 4 is 20.4 Å². The van der Waals surface area contributed by atoms with Gasteiger partial charge in [-0.3, -0.25) is 4.98 Å². The first-order valence-electron chi connectivity index (χ1n) is 5.45. The summed E-state index contributed by atoms with van der Waals surface area (Å²) in [5.74, 6) is 0.842. The van der Waals surface area contributed by atoms with Gasteiger partial charge in [0, 0.05) is 21.8 Å². The third-order valence-corrected chi connectivity index (χ3v) is 3.72. The van der Waals surface area contributed by atoms with Gasteiger partial charge in [0.15, 0.2) is 0 Å². The number of fused-ring (bicyclic) bond motifs is 1. The monoisotopic (exact) mass is 290 g/mol. The fourth-order valence-corrected chi connectivity index (χ4v) is 2.73. The molecule has 86 valence electrons. The molecule has 3 nitrogen and oxygen atoms in total. The molecule has 2 heterocycles. The predicted octanol–water partition coefficient (Wildman–Crippen LogP) is 3.65. The molecule has 1 aliphatic carbocycles. The normalized spacial score (nSPS) is 13.7. The van der Waals surface area contributed by atoms with Crippen LogP contribution in [0.1, 0.15) is 22.7 Å². The highest BCUT2D eigenvalue weighted by Gasteiger charge is 2.17. The first kappa shape index (κ1) is 10.7. The minimum Gasteiger partial charge on any atom is -0.361 e. The molecule has 0 bridgehead atoms. The highest BCUT2D eigenvalue weighted by molar-refractivity contribution is 9.15. The van der Waals surface area contributed by atoms with Crippen LogP contribution in [0.2, 0.25) is 0 Å². The number of rotatable bonds is 1. The molecule has 2 aromatic rings. The van der Waals surface area contributed by atoms with E-state index in [0.29, 0.717) is 0 Å². The summed E-state index contributed by atoms with van der Waals surface area (Å²) in [7, 11) is 0. The van der Waals surface area contributed by atoms with Crippen molar-refractivity contribution in [3.05, 3.63) is 41.1 Å². The van der Waals surface area contributed by atoms with E-state index in [4.69, 9.17) is 4.52 Å². The van der Waals surface area contributed by atoms with Gasteiger partial charge in [-0.1, -0.05) is 11.2 Å². The van der Waals surface area contributed by atoms with Crippen LogP contribution in [-0.4, -0.2) is 10.1 Å². The van der Waals surface area contributed by atoms with Gasteiger partial charge in [-0.25, -0.2) is 0 Å². The number of aromatic nitrogens is 2. The molecule has 17 heavy (non-hydrogen) atoms. The summed E-state index contributed by atoms with van der Waals surface area (Å²) in [5.41, 5.74) is 5.34. The number of aryl methyl sites for hydroxylation is 2. The summed E-state index contributed by atoms with van der Waals surface area (Å²) in [6.45, 7) is 3.88. The Morgan fingerprint density at radius 1 is 1.35 bits per heavy atom. The maximum Gasteiger partial charge on any atom is 0.141 e.